The van der Waals surface area contributed by atoms with Crippen molar-refractivity contribution in [2.75, 3.05) is 17.7 Å². The van der Waals surface area contributed by atoms with Crippen LogP contribution in [0.15, 0.2) is 42.5 Å². The van der Waals surface area contributed by atoms with Crippen LogP contribution >= 0.6 is 23.2 Å². The van der Waals surface area contributed by atoms with E-state index in [1.165, 1.54) is 7.11 Å². The third kappa shape index (κ3) is 4.11. The van der Waals surface area contributed by atoms with Crippen LogP contribution in [0.25, 0.3) is 11.1 Å². The highest BCUT2D eigenvalue weighted by Gasteiger charge is 2.36. The van der Waals surface area contributed by atoms with Crippen LogP contribution in [0.3, 0.4) is 0 Å². The zero-order valence-electron chi connectivity index (χ0n) is 16.9. The van der Waals surface area contributed by atoms with Gasteiger partial charge in [-0.2, -0.15) is 5.10 Å². The third-order valence-electron chi connectivity index (χ3n) is 5.08. The number of halogens is 2. The number of rotatable bonds is 6. The van der Waals surface area contributed by atoms with E-state index >= 15 is 0 Å². The van der Waals surface area contributed by atoms with Crippen LogP contribution in [-0.4, -0.2) is 28.7 Å². The highest BCUT2D eigenvalue weighted by Crippen LogP contribution is 2.39. The minimum Gasteiger partial charge on any atom is -0.495 e. The van der Waals surface area contributed by atoms with Gasteiger partial charge in [0.25, 0.3) is 5.91 Å². The molecule has 0 bridgehead atoms. The minimum absolute atomic E-state index is 0.0890. The first-order valence-electron chi connectivity index (χ1n) is 9.72. The molecule has 9 heteroatoms. The molecule has 0 aliphatic carbocycles. The average molecular weight is 459 g/mol. The number of hydrogen-bond donors (Lipinski definition) is 2. The summed E-state index contributed by atoms with van der Waals surface area (Å²) in [5, 5.41) is 11.3. The summed E-state index contributed by atoms with van der Waals surface area (Å²) in [5.74, 6) is 0.403. The number of benzene rings is 2. The topological polar surface area (TPSA) is 85.2 Å². The van der Waals surface area contributed by atoms with E-state index in [4.69, 9.17) is 27.9 Å². The van der Waals surface area contributed by atoms with Crippen LogP contribution in [0.5, 0.6) is 5.75 Å². The Hall–Kier alpha value is -3.03. The Morgan fingerprint density at radius 1 is 1.23 bits per heavy atom. The quantitative estimate of drug-likeness (QED) is 0.546. The molecule has 4 rings (SSSR count). The first kappa shape index (κ1) is 21.2. The Kier molecular flexibility index (Phi) is 5.89. The first-order valence-corrected chi connectivity index (χ1v) is 10.5. The monoisotopic (exact) mass is 458 g/mol. The van der Waals surface area contributed by atoms with Crippen LogP contribution in [-0.2, 0) is 16.0 Å². The number of ether oxygens (including phenoxy) is 1. The maximum Gasteiger partial charge on any atom is 0.251 e. The molecule has 1 aliphatic heterocycles. The van der Waals surface area contributed by atoms with E-state index in [1.807, 2.05) is 25.1 Å². The Labute approximate surface area is 189 Å². The Bertz CT molecular complexity index is 1180. The van der Waals surface area contributed by atoms with Gasteiger partial charge in [0.1, 0.15) is 17.6 Å². The lowest BCUT2D eigenvalue weighted by atomic mass is 10.0. The molecular formula is C22H20Cl2N4O3. The van der Waals surface area contributed by atoms with Crippen LogP contribution in [0.1, 0.15) is 25.1 Å². The molecule has 0 spiro atoms. The van der Waals surface area contributed by atoms with Gasteiger partial charge in [-0.25, -0.2) is 4.68 Å². The van der Waals surface area contributed by atoms with Crippen molar-refractivity contribution in [2.24, 2.45) is 0 Å². The van der Waals surface area contributed by atoms with Crippen molar-refractivity contribution in [1.29, 1.82) is 0 Å². The lowest BCUT2D eigenvalue weighted by molar-refractivity contribution is -0.123. The van der Waals surface area contributed by atoms with Crippen molar-refractivity contribution in [3.05, 3.63) is 58.2 Å². The highest BCUT2D eigenvalue weighted by molar-refractivity contribution is 6.31. The predicted octanol–water partition coefficient (Wildman–Crippen LogP) is 4.95. The van der Waals surface area contributed by atoms with Crippen molar-refractivity contribution in [2.45, 2.75) is 25.8 Å². The van der Waals surface area contributed by atoms with Gasteiger partial charge in [0, 0.05) is 15.6 Å². The van der Waals surface area contributed by atoms with Crippen molar-refractivity contribution >= 4 is 46.5 Å². The number of methoxy groups -OCH3 is 1. The summed E-state index contributed by atoms with van der Waals surface area (Å²) in [6.45, 7) is 1.99. The number of nitrogens with one attached hydrogen (secondary N) is 2. The largest absolute Gasteiger partial charge is 0.495 e. The summed E-state index contributed by atoms with van der Waals surface area (Å²) in [6, 6.07) is 11.5. The fourth-order valence-electron chi connectivity index (χ4n) is 3.67. The van der Waals surface area contributed by atoms with Crippen LogP contribution in [0.2, 0.25) is 10.0 Å². The molecule has 0 saturated heterocycles. The highest BCUT2D eigenvalue weighted by atomic mass is 35.5. The summed E-state index contributed by atoms with van der Waals surface area (Å²) in [4.78, 5) is 25.4. The van der Waals surface area contributed by atoms with Crippen molar-refractivity contribution in [3.8, 4) is 16.9 Å². The molecule has 160 valence electrons. The first-order chi connectivity index (χ1) is 14.9. The normalized spacial score (nSPS) is 14.8. The van der Waals surface area contributed by atoms with Crippen LogP contribution in [0, 0.1) is 0 Å². The summed E-state index contributed by atoms with van der Waals surface area (Å²) in [6.07, 6.45) is 0.574. The lowest BCUT2D eigenvalue weighted by Crippen LogP contribution is -2.24. The molecule has 2 amide bonds. The maximum atomic E-state index is 12.7. The van der Waals surface area contributed by atoms with Gasteiger partial charge >= 0.3 is 0 Å². The number of carbonyl (C=O) groups is 2. The Morgan fingerprint density at radius 2 is 2.00 bits per heavy atom. The standard InChI is InChI=1S/C22H20Cl2N4O3/c1-3-15-20(12-5-4-6-13(23)9-12)21-26-22(30)17(28(21)27-15)11-19(29)25-16-10-14(24)7-8-18(16)31-2/h4-10,17H,3,11H2,1-2H3,(H,25,29)(H,26,30). The van der Waals surface area contributed by atoms with E-state index in [0.717, 1.165) is 16.8 Å². The summed E-state index contributed by atoms with van der Waals surface area (Å²) < 4.78 is 6.85. The smallest absolute Gasteiger partial charge is 0.251 e. The SMILES string of the molecule is CCc1nn2c(c1-c1cccc(Cl)c1)NC(=O)C2CC(=O)Nc1cc(Cl)ccc1OC. The van der Waals surface area contributed by atoms with E-state index in [0.29, 0.717) is 33.7 Å². The van der Waals surface area contributed by atoms with Gasteiger partial charge in [0.2, 0.25) is 5.91 Å². The molecule has 1 unspecified atom stereocenters. The van der Waals surface area contributed by atoms with Crippen molar-refractivity contribution < 1.29 is 14.3 Å². The van der Waals surface area contributed by atoms with E-state index in [9.17, 15) is 9.59 Å². The van der Waals surface area contributed by atoms with Gasteiger partial charge in [0.15, 0.2) is 0 Å². The zero-order chi connectivity index (χ0) is 22.1. The molecule has 7 nitrogen and oxygen atoms in total. The number of carbonyl (C=O) groups excluding carboxylic acids is 2. The second-order valence-electron chi connectivity index (χ2n) is 7.08. The fourth-order valence-corrected chi connectivity index (χ4v) is 4.03. The molecule has 2 aromatic carbocycles. The van der Waals surface area contributed by atoms with Crippen molar-refractivity contribution in [1.82, 2.24) is 9.78 Å². The molecular weight excluding hydrogens is 439 g/mol. The number of anilines is 2. The molecule has 2 N–H and O–H groups in total. The second kappa shape index (κ2) is 8.61. The van der Waals surface area contributed by atoms with Crippen LogP contribution in [0.4, 0.5) is 11.5 Å². The summed E-state index contributed by atoms with van der Waals surface area (Å²) in [7, 11) is 1.50. The molecule has 1 aromatic heterocycles. The number of amides is 2. The lowest BCUT2D eigenvalue weighted by Gasteiger charge is -2.13. The zero-order valence-corrected chi connectivity index (χ0v) is 18.4. The third-order valence-corrected chi connectivity index (χ3v) is 5.56. The van der Waals surface area contributed by atoms with Gasteiger partial charge < -0.3 is 15.4 Å². The molecule has 0 fully saturated rings. The number of fused-ring (bicyclic) bond motifs is 1. The molecule has 1 atom stereocenters. The molecule has 1 aliphatic rings. The Morgan fingerprint density at radius 3 is 2.71 bits per heavy atom. The molecule has 3 aromatic rings. The number of aromatic nitrogens is 2. The Balaban J connectivity index is 1.62. The van der Waals surface area contributed by atoms with E-state index in [1.54, 1.807) is 28.9 Å². The molecule has 0 saturated carbocycles. The molecule has 0 radical (unpaired) electrons. The number of aryl methyl sites for hydroxylation is 1. The van der Waals surface area contributed by atoms with Gasteiger partial charge in [-0.05, 0) is 42.3 Å². The van der Waals surface area contributed by atoms with Gasteiger partial charge in [0.05, 0.1) is 24.9 Å². The maximum absolute atomic E-state index is 12.7. The minimum atomic E-state index is -0.765. The molecule has 31 heavy (non-hydrogen) atoms. The van der Waals surface area contributed by atoms with E-state index in [-0.39, 0.29) is 18.2 Å². The van der Waals surface area contributed by atoms with E-state index in [2.05, 4.69) is 15.7 Å². The number of nitrogens with zero attached hydrogens (tertiary/aromatic N) is 2. The van der Waals surface area contributed by atoms with Gasteiger partial charge in [-0.1, -0.05) is 42.3 Å². The summed E-state index contributed by atoms with van der Waals surface area (Å²) >= 11 is 12.2. The average Bonchev–Trinajstić information content (AvgIpc) is 3.23. The van der Waals surface area contributed by atoms with Gasteiger partial charge in [-0.15, -0.1) is 0 Å². The van der Waals surface area contributed by atoms with Crippen LogP contribution < -0.4 is 15.4 Å². The molecule has 2 heterocycles. The summed E-state index contributed by atoms with van der Waals surface area (Å²) in [5.41, 5.74) is 2.93. The van der Waals surface area contributed by atoms with Gasteiger partial charge in [-0.3, -0.25) is 9.59 Å². The fraction of sp³-hybridized carbons (Fsp3) is 0.227. The van der Waals surface area contributed by atoms with Crippen molar-refractivity contribution in [3.63, 3.8) is 0 Å². The number of hydrogen-bond acceptors (Lipinski definition) is 4. The van der Waals surface area contributed by atoms with E-state index < -0.39 is 6.04 Å². The predicted molar refractivity (Wildman–Crippen MR) is 121 cm³/mol. The second-order valence-corrected chi connectivity index (χ2v) is 7.95.